The summed E-state index contributed by atoms with van der Waals surface area (Å²) in [7, 11) is 1.61. The lowest BCUT2D eigenvalue weighted by atomic mass is 10.1. The van der Waals surface area contributed by atoms with Crippen LogP contribution < -0.4 is 10.1 Å². The van der Waals surface area contributed by atoms with Gasteiger partial charge < -0.3 is 14.6 Å². The normalized spacial score (nSPS) is 10.8. The fourth-order valence-corrected chi connectivity index (χ4v) is 3.35. The zero-order valence-electron chi connectivity index (χ0n) is 16.6. The Morgan fingerprint density at radius 2 is 1.72 bits per heavy atom. The number of para-hydroxylation sites is 2. The summed E-state index contributed by atoms with van der Waals surface area (Å²) in [6.45, 7) is 3.21. The van der Waals surface area contributed by atoms with E-state index in [2.05, 4.69) is 47.1 Å². The molecule has 29 heavy (non-hydrogen) atoms. The molecule has 0 aliphatic carbocycles. The molecule has 0 aliphatic heterocycles. The van der Waals surface area contributed by atoms with Gasteiger partial charge in [-0.25, -0.2) is 4.98 Å². The zero-order chi connectivity index (χ0) is 20.2. The SMILES string of the molecule is COc1ccc(C(=O)NCCn2c(-c3ccc(C)cc3)nc3ccccc32)cc1. The van der Waals surface area contributed by atoms with E-state index < -0.39 is 0 Å². The van der Waals surface area contributed by atoms with E-state index in [-0.39, 0.29) is 5.91 Å². The van der Waals surface area contributed by atoms with Crippen LogP contribution in [-0.4, -0.2) is 29.1 Å². The highest BCUT2D eigenvalue weighted by atomic mass is 16.5. The molecule has 1 N–H and O–H groups in total. The van der Waals surface area contributed by atoms with Crippen LogP contribution in [0.25, 0.3) is 22.4 Å². The first-order chi connectivity index (χ1) is 14.2. The van der Waals surface area contributed by atoms with E-state index in [1.165, 1.54) is 5.56 Å². The van der Waals surface area contributed by atoms with E-state index in [4.69, 9.17) is 9.72 Å². The molecule has 0 unspecified atom stereocenters. The number of carbonyl (C=O) groups excluding carboxylic acids is 1. The van der Waals surface area contributed by atoms with Gasteiger partial charge in [0.25, 0.3) is 5.91 Å². The Morgan fingerprint density at radius 1 is 1.00 bits per heavy atom. The topological polar surface area (TPSA) is 56.1 Å². The highest BCUT2D eigenvalue weighted by Gasteiger charge is 2.13. The number of nitrogens with one attached hydrogen (secondary N) is 1. The maximum atomic E-state index is 12.5. The molecule has 0 bridgehead atoms. The summed E-state index contributed by atoms with van der Waals surface area (Å²) in [4.78, 5) is 17.3. The Kier molecular flexibility index (Phi) is 5.29. The molecular formula is C24H23N3O2. The minimum absolute atomic E-state index is 0.103. The largest absolute Gasteiger partial charge is 0.497 e. The van der Waals surface area contributed by atoms with Crippen molar-refractivity contribution in [3.05, 3.63) is 83.9 Å². The van der Waals surface area contributed by atoms with E-state index >= 15 is 0 Å². The quantitative estimate of drug-likeness (QED) is 0.533. The Hall–Kier alpha value is -3.60. The fraction of sp³-hybridized carbons (Fsp3) is 0.167. The molecule has 0 atom stereocenters. The first-order valence-electron chi connectivity index (χ1n) is 9.60. The number of carbonyl (C=O) groups is 1. The van der Waals surface area contributed by atoms with Crippen molar-refractivity contribution in [2.24, 2.45) is 0 Å². The van der Waals surface area contributed by atoms with Gasteiger partial charge in [-0.3, -0.25) is 4.79 Å². The molecule has 0 spiro atoms. The summed E-state index contributed by atoms with van der Waals surface area (Å²) in [6.07, 6.45) is 0. The molecule has 5 heteroatoms. The molecule has 4 rings (SSSR count). The van der Waals surface area contributed by atoms with Crippen LogP contribution in [0.1, 0.15) is 15.9 Å². The Morgan fingerprint density at radius 3 is 2.45 bits per heavy atom. The molecule has 5 nitrogen and oxygen atoms in total. The molecule has 0 radical (unpaired) electrons. The lowest BCUT2D eigenvalue weighted by Gasteiger charge is -2.11. The third-order valence-corrected chi connectivity index (χ3v) is 4.94. The molecule has 0 saturated heterocycles. The van der Waals surface area contributed by atoms with E-state index in [9.17, 15) is 4.79 Å². The summed E-state index contributed by atoms with van der Waals surface area (Å²) in [6, 6.07) is 23.5. The first-order valence-corrected chi connectivity index (χ1v) is 9.60. The molecule has 1 aromatic heterocycles. The van der Waals surface area contributed by atoms with Crippen LogP contribution >= 0.6 is 0 Å². The number of aromatic nitrogens is 2. The van der Waals surface area contributed by atoms with E-state index in [0.29, 0.717) is 18.7 Å². The van der Waals surface area contributed by atoms with Crippen molar-refractivity contribution in [1.29, 1.82) is 0 Å². The van der Waals surface area contributed by atoms with Gasteiger partial charge in [0.2, 0.25) is 0 Å². The van der Waals surface area contributed by atoms with Crippen molar-refractivity contribution in [3.63, 3.8) is 0 Å². The first kappa shape index (κ1) is 18.7. The van der Waals surface area contributed by atoms with E-state index in [0.717, 1.165) is 28.2 Å². The summed E-state index contributed by atoms with van der Waals surface area (Å²) < 4.78 is 7.30. The molecule has 146 valence electrons. The maximum absolute atomic E-state index is 12.5. The number of hydrogen-bond donors (Lipinski definition) is 1. The van der Waals surface area contributed by atoms with Crippen LogP contribution in [0.2, 0.25) is 0 Å². The highest BCUT2D eigenvalue weighted by molar-refractivity contribution is 5.94. The summed E-state index contributed by atoms with van der Waals surface area (Å²) in [5.41, 5.74) is 4.89. The highest BCUT2D eigenvalue weighted by Crippen LogP contribution is 2.25. The number of amides is 1. The summed E-state index contributed by atoms with van der Waals surface area (Å²) in [5, 5.41) is 3.00. The van der Waals surface area contributed by atoms with Gasteiger partial charge >= 0.3 is 0 Å². The van der Waals surface area contributed by atoms with Crippen LogP contribution in [0.15, 0.2) is 72.8 Å². The monoisotopic (exact) mass is 385 g/mol. The fourth-order valence-electron chi connectivity index (χ4n) is 3.35. The maximum Gasteiger partial charge on any atom is 0.251 e. The van der Waals surface area contributed by atoms with E-state index in [1.54, 1.807) is 31.4 Å². The third kappa shape index (κ3) is 3.99. The number of nitrogens with zero attached hydrogens (tertiary/aromatic N) is 2. The smallest absolute Gasteiger partial charge is 0.251 e. The summed E-state index contributed by atoms with van der Waals surface area (Å²) >= 11 is 0. The molecule has 1 amide bonds. The number of fused-ring (bicyclic) bond motifs is 1. The van der Waals surface area contributed by atoms with Gasteiger partial charge in [-0.05, 0) is 43.3 Å². The van der Waals surface area contributed by atoms with Gasteiger partial charge in [-0.1, -0.05) is 42.0 Å². The molecule has 4 aromatic rings. The third-order valence-electron chi connectivity index (χ3n) is 4.94. The number of rotatable bonds is 6. The zero-order valence-corrected chi connectivity index (χ0v) is 16.6. The molecule has 3 aromatic carbocycles. The van der Waals surface area contributed by atoms with Crippen molar-refractivity contribution in [2.75, 3.05) is 13.7 Å². The van der Waals surface area contributed by atoms with Crippen LogP contribution in [0.4, 0.5) is 0 Å². The van der Waals surface area contributed by atoms with Crippen molar-refractivity contribution in [2.45, 2.75) is 13.5 Å². The Labute approximate surface area is 170 Å². The van der Waals surface area contributed by atoms with Gasteiger partial charge in [-0.15, -0.1) is 0 Å². The number of aryl methyl sites for hydroxylation is 1. The molecule has 0 fully saturated rings. The van der Waals surface area contributed by atoms with Crippen molar-refractivity contribution < 1.29 is 9.53 Å². The van der Waals surface area contributed by atoms with Gasteiger partial charge in [0.15, 0.2) is 0 Å². The number of ether oxygens (including phenoxy) is 1. The summed E-state index contributed by atoms with van der Waals surface area (Å²) in [5.74, 6) is 1.54. The second-order valence-corrected chi connectivity index (χ2v) is 6.93. The predicted molar refractivity (Wildman–Crippen MR) is 115 cm³/mol. The van der Waals surface area contributed by atoms with Crippen molar-refractivity contribution in [1.82, 2.24) is 14.9 Å². The minimum Gasteiger partial charge on any atom is -0.497 e. The van der Waals surface area contributed by atoms with Crippen LogP contribution in [-0.2, 0) is 6.54 Å². The van der Waals surface area contributed by atoms with Crippen LogP contribution in [0.5, 0.6) is 5.75 Å². The number of hydrogen-bond acceptors (Lipinski definition) is 3. The average Bonchev–Trinajstić information content (AvgIpc) is 3.13. The lowest BCUT2D eigenvalue weighted by molar-refractivity contribution is 0.0952. The van der Waals surface area contributed by atoms with E-state index in [1.807, 2.05) is 18.2 Å². The van der Waals surface area contributed by atoms with Gasteiger partial charge in [-0.2, -0.15) is 0 Å². The molecule has 0 aliphatic rings. The Bertz CT molecular complexity index is 1130. The average molecular weight is 385 g/mol. The Balaban J connectivity index is 1.54. The van der Waals surface area contributed by atoms with Crippen molar-refractivity contribution in [3.8, 4) is 17.1 Å². The number of imidazole rings is 1. The van der Waals surface area contributed by atoms with Gasteiger partial charge in [0, 0.05) is 24.2 Å². The van der Waals surface area contributed by atoms with Gasteiger partial charge in [0.1, 0.15) is 11.6 Å². The van der Waals surface area contributed by atoms with Crippen molar-refractivity contribution >= 4 is 16.9 Å². The molecule has 1 heterocycles. The van der Waals surface area contributed by atoms with Gasteiger partial charge in [0.05, 0.1) is 18.1 Å². The number of benzene rings is 3. The van der Waals surface area contributed by atoms with Crippen LogP contribution in [0, 0.1) is 6.92 Å². The predicted octanol–water partition coefficient (Wildman–Crippen LogP) is 4.45. The second-order valence-electron chi connectivity index (χ2n) is 6.93. The molecule has 0 saturated carbocycles. The minimum atomic E-state index is -0.103. The van der Waals surface area contributed by atoms with Crippen LogP contribution in [0.3, 0.4) is 0 Å². The standard InChI is InChI=1S/C24H23N3O2/c1-17-7-9-18(10-8-17)23-26-21-5-3-4-6-22(21)27(23)16-15-25-24(28)19-11-13-20(29-2)14-12-19/h3-14H,15-16H2,1-2H3,(H,25,28). The lowest BCUT2D eigenvalue weighted by Crippen LogP contribution is -2.27. The second kappa shape index (κ2) is 8.19. The number of methoxy groups -OCH3 is 1. The molecular weight excluding hydrogens is 362 g/mol.